The van der Waals surface area contributed by atoms with Gasteiger partial charge in [-0.15, -0.1) is 0 Å². The van der Waals surface area contributed by atoms with E-state index >= 15 is 0 Å². The fraction of sp³-hybridized carbons (Fsp3) is 0.150. The Kier molecular flexibility index (Phi) is 5.24. The fourth-order valence-corrected chi connectivity index (χ4v) is 4.20. The molecule has 0 aliphatic heterocycles. The summed E-state index contributed by atoms with van der Waals surface area (Å²) in [6.07, 6.45) is 3.53. The fourth-order valence-electron chi connectivity index (χ4n) is 3.08. The molecule has 0 amide bonds. The Hall–Kier alpha value is -4.07. The first-order valence-electron chi connectivity index (χ1n) is 9.21. The number of alkyl halides is 3. The molecule has 3 heterocycles. The predicted octanol–water partition coefficient (Wildman–Crippen LogP) is 2.88. The number of allylic oxidation sites excluding steroid dienone is 4. The molecule has 3 aromatic rings. The first-order valence-corrected chi connectivity index (χ1v) is 10.7. The van der Waals surface area contributed by atoms with E-state index in [1.54, 1.807) is 22.8 Å². The van der Waals surface area contributed by atoms with Gasteiger partial charge in [0.1, 0.15) is 34.4 Å². The summed E-state index contributed by atoms with van der Waals surface area (Å²) >= 11 is 0. The Morgan fingerprint density at radius 2 is 1.79 bits per heavy atom. The molecule has 1 aliphatic carbocycles. The Morgan fingerprint density at radius 3 is 2.30 bits per heavy atom. The van der Waals surface area contributed by atoms with Gasteiger partial charge in [0, 0.05) is 17.3 Å². The first-order chi connectivity index (χ1) is 15.6. The zero-order valence-corrected chi connectivity index (χ0v) is 17.5. The molecule has 0 spiro atoms. The van der Waals surface area contributed by atoms with Crippen molar-refractivity contribution in [1.82, 2.24) is 24.2 Å². The minimum Gasteiger partial charge on any atom is -0.290 e. The number of hydrogen-bond donors (Lipinski definition) is 1. The van der Waals surface area contributed by atoms with Crippen LogP contribution in [0, 0.1) is 22.7 Å². The Bertz CT molecular complexity index is 1520. The summed E-state index contributed by atoms with van der Waals surface area (Å²) in [6.45, 7) is 0.673. The maximum Gasteiger partial charge on any atom is 0.404 e. The molecule has 0 saturated carbocycles. The molecule has 4 rings (SSSR count). The summed E-state index contributed by atoms with van der Waals surface area (Å²) in [4.78, 5) is 11.7. The van der Waals surface area contributed by atoms with Crippen LogP contribution < -0.4 is 4.72 Å². The molecule has 0 saturated heterocycles. The molecule has 0 bridgehead atoms. The molecule has 1 atom stereocenters. The van der Waals surface area contributed by atoms with Crippen LogP contribution in [0.1, 0.15) is 18.1 Å². The van der Waals surface area contributed by atoms with Gasteiger partial charge in [0.15, 0.2) is 5.82 Å². The largest absolute Gasteiger partial charge is 0.404 e. The van der Waals surface area contributed by atoms with E-state index in [1.165, 1.54) is 17.0 Å². The van der Waals surface area contributed by atoms with E-state index < -0.39 is 27.1 Å². The molecule has 9 nitrogen and oxygen atoms in total. The number of pyridine rings is 1. The van der Waals surface area contributed by atoms with Gasteiger partial charge >= 0.3 is 6.18 Å². The summed E-state index contributed by atoms with van der Waals surface area (Å²) in [5.41, 5.74) is 1.54. The topological polar surface area (TPSA) is 137 Å². The van der Waals surface area contributed by atoms with Gasteiger partial charge in [0.2, 0.25) is 10.0 Å². The van der Waals surface area contributed by atoms with Crippen LogP contribution in [0.3, 0.4) is 0 Å². The third-order valence-corrected chi connectivity index (χ3v) is 6.31. The molecular weight excluding hydrogens is 459 g/mol. The molecule has 3 aromatic heterocycles. The molecule has 166 valence electrons. The van der Waals surface area contributed by atoms with Crippen LogP contribution >= 0.6 is 0 Å². The Balaban J connectivity index is 1.83. The van der Waals surface area contributed by atoms with Crippen molar-refractivity contribution >= 4 is 26.8 Å². The third kappa shape index (κ3) is 3.84. The number of nitrogens with one attached hydrogen (secondary N) is 1. The number of hydrogen-bond acceptors (Lipinski definition) is 7. The third-order valence-electron chi connectivity index (χ3n) is 4.81. The van der Waals surface area contributed by atoms with Crippen LogP contribution in [-0.4, -0.2) is 40.2 Å². The highest BCUT2D eigenvalue weighted by atomic mass is 32.2. The Labute approximate surface area is 185 Å². The lowest BCUT2D eigenvalue weighted by molar-refractivity contribution is -0.147. The van der Waals surface area contributed by atoms with E-state index in [-0.39, 0.29) is 22.6 Å². The maximum atomic E-state index is 12.8. The van der Waals surface area contributed by atoms with Crippen LogP contribution in [0.25, 0.3) is 28.2 Å². The summed E-state index contributed by atoms with van der Waals surface area (Å²) in [6, 6.07) is 3.17. The number of nitriles is 2. The molecule has 0 radical (unpaired) electrons. The molecule has 13 heteroatoms. The highest BCUT2D eigenvalue weighted by Crippen LogP contribution is 2.35. The average Bonchev–Trinajstić information content (AvgIpc) is 3.04. The van der Waals surface area contributed by atoms with Crippen LogP contribution in [0.2, 0.25) is 0 Å². The summed E-state index contributed by atoms with van der Waals surface area (Å²) in [5.74, 6) is -0.0490. The predicted molar refractivity (Wildman–Crippen MR) is 109 cm³/mol. The minimum atomic E-state index is -4.77. The number of nitrogens with zero attached hydrogens (tertiary/aromatic N) is 6. The smallest absolute Gasteiger partial charge is 0.290 e. The van der Waals surface area contributed by atoms with Crippen molar-refractivity contribution in [2.75, 3.05) is 0 Å². The van der Waals surface area contributed by atoms with E-state index in [0.717, 1.165) is 12.4 Å². The van der Waals surface area contributed by atoms with E-state index in [2.05, 4.69) is 15.0 Å². The highest BCUT2D eigenvalue weighted by Gasteiger charge is 2.39. The van der Waals surface area contributed by atoms with Crippen LogP contribution in [0.4, 0.5) is 13.2 Å². The monoisotopic (exact) mass is 471 g/mol. The van der Waals surface area contributed by atoms with E-state index in [0.29, 0.717) is 23.7 Å². The molecule has 0 aromatic carbocycles. The summed E-state index contributed by atoms with van der Waals surface area (Å²) in [7, 11) is -4.55. The SMILES string of the molecule is C[C@H](NS(=O)(=O)c1cnc(-c2c(C#N)c3cc(C#N)cnc3n2C2=CC=C2)nc1)C(F)(F)F. The second kappa shape index (κ2) is 7.81. The number of rotatable bonds is 5. The minimum absolute atomic E-state index is 0.0490. The zero-order valence-electron chi connectivity index (χ0n) is 16.7. The molecule has 0 fully saturated rings. The van der Waals surface area contributed by atoms with Gasteiger partial charge in [-0.1, -0.05) is 6.08 Å². The number of halogens is 3. The lowest BCUT2D eigenvalue weighted by atomic mass is 10.1. The van der Waals surface area contributed by atoms with Crippen molar-refractivity contribution in [3.05, 3.63) is 54.0 Å². The second-order valence-electron chi connectivity index (χ2n) is 6.96. The number of aromatic nitrogens is 4. The molecule has 1 N–H and O–H groups in total. The first kappa shape index (κ1) is 22.1. The van der Waals surface area contributed by atoms with Gasteiger partial charge in [-0.3, -0.25) is 4.57 Å². The van der Waals surface area contributed by atoms with E-state index in [4.69, 9.17) is 0 Å². The molecular formula is C20H12F3N7O2S. The maximum absolute atomic E-state index is 12.8. The standard InChI is InChI=1S/C20H12F3N7O2S/c1-11(20(21,22)23)29-33(31,32)14-9-26-18(27-10-14)17-16(7-25)15-5-12(6-24)8-28-19(15)30(17)13-3-2-4-13/h2-5,8-11,29H,1H3/t11-/m0/s1. The van der Waals surface area contributed by atoms with Gasteiger partial charge in [-0.2, -0.15) is 28.4 Å². The van der Waals surface area contributed by atoms with Gasteiger partial charge < -0.3 is 0 Å². The van der Waals surface area contributed by atoms with Crippen LogP contribution in [0.5, 0.6) is 0 Å². The van der Waals surface area contributed by atoms with Crippen molar-refractivity contribution < 1.29 is 21.6 Å². The van der Waals surface area contributed by atoms with Crippen LogP contribution in [0.15, 0.2) is 47.8 Å². The number of fused-ring (bicyclic) bond motifs is 1. The van der Waals surface area contributed by atoms with Gasteiger partial charge in [0.25, 0.3) is 0 Å². The average molecular weight is 471 g/mol. The summed E-state index contributed by atoms with van der Waals surface area (Å²) in [5, 5.41) is 19.4. The van der Waals surface area contributed by atoms with Gasteiger partial charge in [0.05, 0.1) is 23.5 Å². The van der Waals surface area contributed by atoms with E-state index in [1.807, 2.05) is 12.1 Å². The Morgan fingerprint density at radius 1 is 1.12 bits per heavy atom. The van der Waals surface area contributed by atoms with Crippen molar-refractivity contribution in [1.29, 1.82) is 10.5 Å². The van der Waals surface area contributed by atoms with E-state index in [9.17, 15) is 32.1 Å². The van der Waals surface area contributed by atoms with Crippen LogP contribution in [-0.2, 0) is 10.0 Å². The lowest BCUT2D eigenvalue weighted by Gasteiger charge is -2.17. The van der Waals surface area contributed by atoms with Crippen molar-refractivity contribution in [2.24, 2.45) is 0 Å². The van der Waals surface area contributed by atoms with Crippen molar-refractivity contribution in [3.63, 3.8) is 0 Å². The molecule has 0 unspecified atom stereocenters. The molecule has 33 heavy (non-hydrogen) atoms. The van der Waals surface area contributed by atoms with Crippen molar-refractivity contribution in [2.45, 2.75) is 24.0 Å². The molecule has 1 aliphatic rings. The normalized spacial score (nSPS) is 14.3. The van der Waals surface area contributed by atoms with Crippen molar-refractivity contribution in [3.8, 4) is 23.7 Å². The quantitative estimate of drug-likeness (QED) is 0.604. The zero-order chi connectivity index (χ0) is 24.0. The van der Waals surface area contributed by atoms with Gasteiger partial charge in [-0.25, -0.2) is 23.4 Å². The lowest BCUT2D eigenvalue weighted by Crippen LogP contribution is -2.43. The number of sulfonamides is 1. The van der Waals surface area contributed by atoms with Gasteiger partial charge in [-0.05, 0) is 25.1 Å². The highest BCUT2D eigenvalue weighted by molar-refractivity contribution is 7.89. The summed E-state index contributed by atoms with van der Waals surface area (Å²) < 4.78 is 66.0. The second-order valence-corrected chi connectivity index (χ2v) is 8.67.